The smallest absolute Gasteiger partial charge is 0.343 e. The van der Waals surface area contributed by atoms with Gasteiger partial charge in [-0.1, -0.05) is 213 Å². The second kappa shape index (κ2) is 35.3. The van der Waals surface area contributed by atoms with Crippen LogP contribution in [-0.4, -0.2) is 66.2 Å². The van der Waals surface area contributed by atoms with Gasteiger partial charge >= 0.3 is 5.97 Å². The Bertz CT molecular complexity index is 4970. The van der Waals surface area contributed by atoms with Crippen LogP contribution < -0.4 is 12.4 Å². The number of fused-ring (bicyclic) bond motifs is 18. The molecule has 2 N–H and O–H groups in total. The van der Waals surface area contributed by atoms with E-state index in [4.69, 9.17) is 14.7 Å². The molecule has 0 aliphatic carbocycles. The maximum atomic E-state index is 12.7. The van der Waals surface area contributed by atoms with Crippen LogP contribution in [-0.2, 0) is 6.42 Å². The van der Waals surface area contributed by atoms with Crippen molar-refractivity contribution in [1.29, 1.82) is 0 Å². The fraction of sp³-hybridized carbons (Fsp3) is 0.310. The maximum absolute atomic E-state index is 12.7. The summed E-state index contributed by atoms with van der Waals surface area (Å²) in [6.07, 6.45) is 8.95. The molecule has 6 nitrogen and oxygen atoms in total. The van der Waals surface area contributed by atoms with Gasteiger partial charge in [0, 0.05) is 4.91 Å². The van der Waals surface area contributed by atoms with Crippen LogP contribution in [0, 0.1) is 18.1 Å². The van der Waals surface area contributed by atoms with Gasteiger partial charge < -0.3 is 14.7 Å². The monoisotopic (exact) mass is 1740 g/mol. The van der Waals surface area contributed by atoms with E-state index >= 15 is 0 Å². The number of thioether (sulfide) groups is 19. The molecule has 100 heavy (non-hydrogen) atoms. The zero-order valence-electron chi connectivity index (χ0n) is 55.2. The van der Waals surface area contributed by atoms with E-state index in [2.05, 4.69) is 94.8 Å². The number of esters is 1. The molecule has 13 heterocycles. The molecule has 0 radical (unpaired) electrons. The number of allylic oxidation sites excluding steroid dienone is 1. The van der Waals surface area contributed by atoms with Gasteiger partial charge in [0.15, 0.2) is 0 Å². The van der Waals surface area contributed by atoms with E-state index in [1.165, 1.54) is 111 Å². The van der Waals surface area contributed by atoms with Crippen LogP contribution in [0.5, 0.6) is 5.75 Å². The molecule has 520 valence electrons. The van der Waals surface area contributed by atoms with Crippen LogP contribution in [0.4, 0.5) is 0 Å². The average molecular weight is 1740 g/mol. The van der Waals surface area contributed by atoms with Crippen molar-refractivity contribution in [2.75, 3.05) is 40.3 Å². The Labute approximate surface area is 680 Å². The summed E-state index contributed by atoms with van der Waals surface area (Å²) in [6.45, 7) is 16.1. The lowest BCUT2D eigenvalue weighted by atomic mass is 10.1. The molecule has 15 rings (SSSR count). The number of hydrogen-bond acceptors (Lipinski definition) is 27. The molecule has 0 saturated carbocycles. The van der Waals surface area contributed by atoms with Gasteiger partial charge in [0.05, 0.1) is 142 Å². The quantitative estimate of drug-likeness (QED) is 0.0323. The molecule has 8 bridgehead atoms. The Morgan fingerprint density at radius 1 is 0.390 bits per heavy atom. The van der Waals surface area contributed by atoms with Crippen molar-refractivity contribution >= 4 is 327 Å². The number of nitrogens with zero attached hydrogens (tertiary/aromatic N) is 2. The predicted octanol–water partition coefficient (Wildman–Crippen LogP) is 28.8. The van der Waals surface area contributed by atoms with E-state index in [9.17, 15) is 4.79 Å². The third-order valence-electron chi connectivity index (χ3n) is 15.0. The number of rotatable bonds is 25. The van der Waals surface area contributed by atoms with Crippen molar-refractivity contribution in [2.24, 2.45) is 0 Å². The van der Waals surface area contributed by atoms with Gasteiger partial charge in [0.1, 0.15) is 13.4 Å². The number of hydrogen-bond donors (Lipinski definition) is 2. The number of aromatic amines is 2. The molecule has 0 fully saturated rings. The highest BCUT2D eigenvalue weighted by molar-refractivity contribution is 8.47. The number of ether oxygens (including phenoxy) is 1. The highest BCUT2D eigenvalue weighted by Crippen LogP contribution is 2.67. The zero-order chi connectivity index (χ0) is 68.4. The van der Waals surface area contributed by atoms with E-state index in [1.807, 2.05) is 299 Å². The second-order valence-corrected chi connectivity index (χ2v) is 51.0. The van der Waals surface area contributed by atoms with Crippen molar-refractivity contribution < 1.29 is 9.53 Å². The van der Waals surface area contributed by atoms with E-state index in [-0.39, 0.29) is 5.97 Å². The fourth-order valence-corrected chi connectivity index (χ4v) is 43.4. The van der Waals surface area contributed by atoms with Gasteiger partial charge in [-0.2, -0.15) is 0 Å². The van der Waals surface area contributed by atoms with Crippen LogP contribution in [0.3, 0.4) is 0 Å². The summed E-state index contributed by atoms with van der Waals surface area (Å²) >= 11 is 45.5. The highest BCUT2D eigenvalue weighted by Gasteiger charge is 2.34. The lowest BCUT2D eigenvalue weighted by molar-refractivity contribution is 0.0734. The maximum Gasteiger partial charge on any atom is 0.343 e. The number of nitrogens with one attached hydrogen (secondary N) is 2. The third kappa shape index (κ3) is 17.0. The molecule has 5 aromatic rings. The fourth-order valence-electron chi connectivity index (χ4n) is 10.5. The van der Waals surface area contributed by atoms with Gasteiger partial charge in [-0.3, -0.25) is 0 Å². The van der Waals surface area contributed by atoms with Crippen LogP contribution in [0.25, 0.3) is 52.6 Å². The Balaban J connectivity index is 0.845. The number of aromatic nitrogens is 4. The largest absolute Gasteiger partial charge is 0.423 e. The average Bonchev–Trinajstić information content (AvgIpc) is 1.59. The molecule has 10 aliphatic rings. The van der Waals surface area contributed by atoms with Crippen molar-refractivity contribution in [2.45, 2.75) is 119 Å². The summed E-state index contributed by atoms with van der Waals surface area (Å²) in [5.74, 6) is 8.02. The molecule has 0 spiro atoms. The summed E-state index contributed by atoms with van der Waals surface area (Å²) in [6, 6.07) is 26.7. The molecule has 0 saturated heterocycles. The molecular formula is C71H66N4O2S23. The number of aryl methyl sites for hydroxylation is 1. The van der Waals surface area contributed by atoms with E-state index in [0.29, 0.717) is 11.3 Å². The molecule has 0 unspecified atom stereocenters. The summed E-state index contributed by atoms with van der Waals surface area (Å²) in [4.78, 5) is 38.9. The van der Waals surface area contributed by atoms with E-state index < -0.39 is 0 Å². The molecule has 29 heteroatoms. The zero-order valence-corrected chi connectivity index (χ0v) is 74.0. The lowest BCUT2D eigenvalue weighted by Crippen LogP contribution is -2.08. The summed E-state index contributed by atoms with van der Waals surface area (Å²) in [5, 5.41) is 0. The predicted molar refractivity (Wildman–Crippen MR) is 482 cm³/mol. The number of H-pyrrole nitrogens is 2. The topological polar surface area (TPSA) is 83.7 Å². The van der Waals surface area contributed by atoms with Gasteiger partial charge in [-0.05, 0) is 153 Å². The minimum atomic E-state index is -0.340. The normalized spacial score (nSPS) is 16.5. The van der Waals surface area contributed by atoms with Crippen LogP contribution in [0.15, 0.2) is 150 Å². The molecule has 0 amide bonds. The Kier molecular flexibility index (Phi) is 26.6. The first-order chi connectivity index (χ1) is 49.0. The van der Waals surface area contributed by atoms with Crippen LogP contribution in [0.2, 0.25) is 0 Å². The standard InChI is InChI=1S/C71H66N4O2S23/c1-8-25-78-58-59(79-26-9-2)96-69(95-58)66-88-50-42-32-40-48-49(87-65(86-48)64-85-36(7)57(94-64)84-31-17-18-37-21-23-39(24-22-37)77-56(76)38-19-15-14-16-20-38)41(72-40)33-43-51-53(91-67(89-51)70-97-60(80-27-10-3)61(98-70)81-28-11-4)45(74-43)35-47-55-54(46(75-47)34-44(73-42)52(50)90-66)92-68(93-55)71-99-62(82-29-12-5)63(100-71)83-30-13-6/h14-16,19-24,32-35,72,75H,8-13,17-18,25-31H2,1-7H3. The van der Waals surface area contributed by atoms with Crippen molar-refractivity contribution in [3.8, 4) is 5.75 Å². The van der Waals surface area contributed by atoms with Crippen LogP contribution >= 0.6 is 269 Å². The minimum Gasteiger partial charge on any atom is -0.423 e. The third-order valence-corrected chi connectivity index (χ3v) is 49.7. The molecule has 3 aromatic heterocycles. The van der Waals surface area contributed by atoms with Crippen LogP contribution in [0.1, 0.15) is 109 Å². The molecule has 10 aliphatic heterocycles. The summed E-state index contributed by atoms with van der Waals surface area (Å²) in [5.41, 5.74) is 10.3. The Morgan fingerprint density at radius 3 is 1.09 bits per heavy atom. The van der Waals surface area contributed by atoms with Gasteiger partial charge in [0.25, 0.3) is 0 Å². The molecule has 2 aromatic carbocycles. The van der Waals surface area contributed by atoms with E-state index in [1.54, 1.807) is 12.1 Å². The van der Waals surface area contributed by atoms with Gasteiger partial charge in [-0.15, -0.1) is 128 Å². The van der Waals surface area contributed by atoms with Gasteiger partial charge in [-0.25, -0.2) is 14.8 Å². The SMILES string of the molecule is CCCSC1=C(SCCC)SC(=C2Sc3c(c4cc5nc(cc6[nH]c(cc7nc(cc3[nH]4)c3sc(=C4SC(SCCC)=C(SCCC)S4)sc7=3)c3c6SC(=C4SC(C)=C(SCCCc6ccc(OC(=O)c7ccccc7)cc6)S4)S3)c3sc(=C4SC(SCCC)=C(SCCC)S4)sc5=3)S2)S1. The van der Waals surface area contributed by atoms with Crippen molar-refractivity contribution in [3.05, 3.63) is 167 Å². The summed E-state index contributed by atoms with van der Waals surface area (Å²) in [7, 11) is 0. The molecular weight excluding hydrogens is 1680 g/mol. The van der Waals surface area contributed by atoms with Crippen molar-refractivity contribution in [3.63, 3.8) is 0 Å². The first-order valence-electron chi connectivity index (χ1n) is 32.9. The first-order valence-corrected chi connectivity index (χ1v) is 52.8. The number of carbonyl (C=O) groups excluding carboxylic acids is 1. The lowest BCUT2D eigenvalue weighted by Gasteiger charge is -2.06. The Hall–Kier alpha value is -0.0400. The second-order valence-electron chi connectivity index (χ2n) is 22.8. The highest BCUT2D eigenvalue weighted by atomic mass is 32.3. The summed E-state index contributed by atoms with van der Waals surface area (Å²) < 4.78 is 31.8. The van der Waals surface area contributed by atoms with Crippen molar-refractivity contribution in [1.82, 2.24) is 19.9 Å². The minimum absolute atomic E-state index is 0.340. The number of benzene rings is 2. The first kappa shape index (κ1) is 75.4. The van der Waals surface area contributed by atoms with E-state index in [0.717, 1.165) is 136 Å². The Morgan fingerprint density at radius 2 is 0.720 bits per heavy atom. The van der Waals surface area contributed by atoms with Gasteiger partial charge in [0.2, 0.25) is 0 Å². The number of carbonyl (C=O) groups is 1. The molecule has 0 atom stereocenters.